The number of rotatable bonds is 5. The van der Waals surface area contributed by atoms with E-state index in [2.05, 4.69) is 11.9 Å². The monoisotopic (exact) mass is 398 g/mol. The lowest BCUT2D eigenvalue weighted by atomic mass is 9.99. The van der Waals surface area contributed by atoms with Gasteiger partial charge in [0.05, 0.1) is 18.4 Å². The van der Waals surface area contributed by atoms with Gasteiger partial charge < -0.3 is 14.7 Å². The van der Waals surface area contributed by atoms with E-state index in [1.165, 1.54) is 0 Å². The molecule has 0 saturated carbocycles. The molecule has 2 aromatic carbocycles. The Morgan fingerprint density at radius 2 is 1.89 bits per heavy atom. The molecule has 0 aromatic heterocycles. The van der Waals surface area contributed by atoms with E-state index in [1.807, 2.05) is 48.2 Å². The Balaban J connectivity index is 2.11. The van der Waals surface area contributed by atoms with Crippen LogP contribution in [0.15, 0.2) is 64.8 Å². The maximum Gasteiger partial charge on any atom is 0.335 e. The van der Waals surface area contributed by atoms with Crippen molar-refractivity contribution >= 4 is 29.2 Å². The Bertz CT molecular complexity index is 935. The predicted molar refractivity (Wildman–Crippen MR) is 113 cm³/mol. The maximum atomic E-state index is 11.2. The summed E-state index contributed by atoms with van der Waals surface area (Å²) in [5.41, 5.74) is 4.47. The van der Waals surface area contributed by atoms with Gasteiger partial charge in [-0.1, -0.05) is 55.3 Å². The molecule has 0 saturated heterocycles. The summed E-state index contributed by atoms with van der Waals surface area (Å²) in [7, 11) is 1.60. The molecule has 1 atom stereocenters. The standard InChI is InChI=1S/C22H23ClN2O3/c1-4-7-18-14(2)20(28-3)24-22(23)25(18)19-9-6-5-8-17(19)15-10-12-16(13-11-15)21(26)27/h5-6,8-13,22H,4,7H2,1-3H3,(H,26,27). The summed E-state index contributed by atoms with van der Waals surface area (Å²) < 4.78 is 5.41. The van der Waals surface area contributed by atoms with Gasteiger partial charge in [-0.2, -0.15) is 0 Å². The lowest BCUT2D eigenvalue weighted by Gasteiger charge is -2.36. The smallest absolute Gasteiger partial charge is 0.335 e. The number of anilines is 1. The minimum absolute atomic E-state index is 0.256. The van der Waals surface area contributed by atoms with Crippen LogP contribution in [0.25, 0.3) is 11.1 Å². The summed E-state index contributed by atoms with van der Waals surface area (Å²) >= 11 is 6.66. The van der Waals surface area contributed by atoms with Gasteiger partial charge >= 0.3 is 5.97 Å². The predicted octanol–water partition coefficient (Wildman–Crippen LogP) is 5.51. The number of carboxylic acid groups (broad SMARTS) is 1. The van der Waals surface area contributed by atoms with Crippen LogP contribution in [0, 0.1) is 0 Å². The minimum atomic E-state index is -0.943. The lowest BCUT2D eigenvalue weighted by Crippen LogP contribution is -2.36. The number of halogens is 1. The van der Waals surface area contributed by atoms with Crippen molar-refractivity contribution in [2.45, 2.75) is 32.3 Å². The molecule has 0 radical (unpaired) electrons. The molecule has 1 aliphatic rings. The van der Waals surface area contributed by atoms with Gasteiger partial charge in [-0.25, -0.2) is 9.79 Å². The molecular formula is C22H23ClN2O3. The fourth-order valence-electron chi connectivity index (χ4n) is 3.41. The molecule has 0 amide bonds. The Labute approximate surface area is 169 Å². The number of carbonyl (C=O) groups is 1. The Hall–Kier alpha value is -2.79. The van der Waals surface area contributed by atoms with E-state index in [-0.39, 0.29) is 5.56 Å². The van der Waals surface area contributed by atoms with E-state index in [4.69, 9.17) is 21.4 Å². The second kappa shape index (κ2) is 8.48. The summed E-state index contributed by atoms with van der Waals surface area (Å²) in [6.07, 6.45) is 1.79. The molecule has 0 bridgehead atoms. The number of carboxylic acids is 1. The van der Waals surface area contributed by atoms with Crippen LogP contribution in [0.1, 0.15) is 37.0 Å². The van der Waals surface area contributed by atoms with Crippen LogP contribution in [-0.4, -0.2) is 29.7 Å². The first-order valence-electron chi connectivity index (χ1n) is 9.15. The normalized spacial score (nSPS) is 16.8. The highest BCUT2D eigenvalue weighted by molar-refractivity contribution is 6.23. The second-order valence-corrected chi connectivity index (χ2v) is 6.93. The fourth-order valence-corrected chi connectivity index (χ4v) is 3.73. The molecule has 5 nitrogen and oxygen atoms in total. The van der Waals surface area contributed by atoms with E-state index in [0.29, 0.717) is 5.90 Å². The summed E-state index contributed by atoms with van der Waals surface area (Å²) in [4.78, 5) is 17.7. The van der Waals surface area contributed by atoms with Crippen molar-refractivity contribution in [1.82, 2.24) is 0 Å². The lowest BCUT2D eigenvalue weighted by molar-refractivity contribution is 0.0697. The third-order valence-corrected chi connectivity index (χ3v) is 5.06. The molecule has 3 rings (SSSR count). The topological polar surface area (TPSA) is 62.1 Å². The molecule has 6 heteroatoms. The minimum Gasteiger partial charge on any atom is -0.481 e. The Morgan fingerprint density at radius 1 is 1.21 bits per heavy atom. The molecular weight excluding hydrogens is 376 g/mol. The molecule has 1 N–H and O–H groups in total. The SMILES string of the molecule is CCCC1=C(C)C(OC)=NC(Cl)N1c1ccccc1-c1ccc(C(=O)O)cc1. The molecule has 0 spiro atoms. The molecule has 0 fully saturated rings. The van der Waals surface area contributed by atoms with E-state index in [1.54, 1.807) is 19.2 Å². The van der Waals surface area contributed by atoms with E-state index in [0.717, 1.165) is 40.9 Å². The Kier molecular flexibility index (Phi) is 6.05. The fraction of sp³-hybridized carbons (Fsp3) is 0.273. The second-order valence-electron chi connectivity index (χ2n) is 6.54. The number of methoxy groups -OCH3 is 1. The highest BCUT2D eigenvalue weighted by Crippen LogP contribution is 2.39. The molecule has 0 aliphatic carbocycles. The number of alkyl halides is 1. The van der Waals surface area contributed by atoms with Gasteiger partial charge in [0, 0.05) is 16.8 Å². The molecule has 1 heterocycles. The number of aromatic carboxylic acids is 1. The van der Waals surface area contributed by atoms with Crippen molar-refractivity contribution in [2.24, 2.45) is 4.99 Å². The van der Waals surface area contributed by atoms with Gasteiger partial charge in [-0.3, -0.25) is 0 Å². The zero-order valence-electron chi connectivity index (χ0n) is 16.1. The molecule has 1 unspecified atom stereocenters. The zero-order valence-corrected chi connectivity index (χ0v) is 16.9. The van der Waals surface area contributed by atoms with Gasteiger partial charge in [-0.05, 0) is 37.1 Å². The van der Waals surface area contributed by atoms with Gasteiger partial charge in [-0.15, -0.1) is 0 Å². The van der Waals surface area contributed by atoms with Crippen LogP contribution in [0.3, 0.4) is 0 Å². The van der Waals surface area contributed by atoms with E-state index >= 15 is 0 Å². The average molecular weight is 399 g/mol. The van der Waals surface area contributed by atoms with E-state index < -0.39 is 11.6 Å². The highest BCUT2D eigenvalue weighted by Gasteiger charge is 2.30. The van der Waals surface area contributed by atoms with E-state index in [9.17, 15) is 4.79 Å². The van der Waals surface area contributed by atoms with Crippen molar-refractivity contribution in [3.63, 3.8) is 0 Å². The summed E-state index contributed by atoms with van der Waals surface area (Å²) in [5, 5.41) is 9.15. The summed E-state index contributed by atoms with van der Waals surface area (Å²) in [6, 6.07) is 14.8. The van der Waals surface area contributed by atoms with Gasteiger partial charge in [0.1, 0.15) is 0 Å². The Morgan fingerprint density at radius 3 is 2.50 bits per heavy atom. The van der Waals surface area contributed by atoms with Crippen molar-refractivity contribution in [3.05, 3.63) is 65.4 Å². The van der Waals surface area contributed by atoms with Crippen LogP contribution in [-0.2, 0) is 4.74 Å². The van der Waals surface area contributed by atoms with Crippen molar-refractivity contribution in [3.8, 4) is 11.1 Å². The van der Waals surface area contributed by atoms with Crippen LogP contribution in [0.5, 0.6) is 0 Å². The summed E-state index contributed by atoms with van der Waals surface area (Å²) in [6.45, 7) is 4.11. The number of para-hydroxylation sites is 1. The molecule has 146 valence electrons. The number of aliphatic imine (C=N–C) groups is 1. The quantitative estimate of drug-likeness (QED) is 0.532. The first-order valence-corrected chi connectivity index (χ1v) is 9.59. The van der Waals surface area contributed by atoms with Gasteiger partial charge in [0.25, 0.3) is 0 Å². The number of allylic oxidation sites excluding steroid dienone is 1. The first kappa shape index (κ1) is 20.0. The third kappa shape index (κ3) is 3.76. The van der Waals surface area contributed by atoms with Crippen molar-refractivity contribution in [1.29, 1.82) is 0 Å². The molecule has 1 aliphatic heterocycles. The number of ether oxygens (including phenoxy) is 1. The van der Waals surface area contributed by atoms with Crippen LogP contribution in [0.4, 0.5) is 5.69 Å². The maximum absolute atomic E-state index is 11.2. The largest absolute Gasteiger partial charge is 0.481 e. The highest BCUT2D eigenvalue weighted by atomic mass is 35.5. The van der Waals surface area contributed by atoms with Gasteiger partial charge in [0.2, 0.25) is 11.5 Å². The molecule has 28 heavy (non-hydrogen) atoms. The number of nitrogens with zero attached hydrogens (tertiary/aromatic N) is 2. The first-order chi connectivity index (χ1) is 13.5. The third-order valence-electron chi connectivity index (χ3n) is 4.77. The number of benzene rings is 2. The molecule has 2 aromatic rings. The van der Waals surface area contributed by atoms with Crippen LogP contribution >= 0.6 is 11.6 Å². The number of hydrogen-bond donors (Lipinski definition) is 1. The van der Waals surface area contributed by atoms with Crippen molar-refractivity contribution in [2.75, 3.05) is 12.0 Å². The number of hydrogen-bond acceptors (Lipinski definition) is 4. The van der Waals surface area contributed by atoms with Crippen LogP contribution in [0.2, 0.25) is 0 Å². The van der Waals surface area contributed by atoms with Gasteiger partial charge in [0.15, 0.2) is 0 Å². The summed E-state index contributed by atoms with van der Waals surface area (Å²) in [5.74, 6) is -0.384. The van der Waals surface area contributed by atoms with Crippen LogP contribution < -0.4 is 4.90 Å². The average Bonchev–Trinajstić information content (AvgIpc) is 2.71. The van der Waals surface area contributed by atoms with Crippen molar-refractivity contribution < 1.29 is 14.6 Å². The zero-order chi connectivity index (χ0) is 20.3.